The van der Waals surface area contributed by atoms with Crippen molar-refractivity contribution in [1.82, 2.24) is 4.90 Å². The quantitative estimate of drug-likeness (QED) is 0.880. The summed E-state index contributed by atoms with van der Waals surface area (Å²) in [4.78, 5) is 24.7. The molecule has 0 saturated carbocycles. The average molecular weight is 313 g/mol. The van der Waals surface area contributed by atoms with Crippen molar-refractivity contribution in [2.45, 2.75) is 19.4 Å². The molecule has 1 aliphatic heterocycles. The first-order chi connectivity index (χ1) is 9.97. The molecule has 1 aliphatic rings. The van der Waals surface area contributed by atoms with Crippen molar-refractivity contribution in [1.29, 1.82) is 0 Å². The van der Waals surface area contributed by atoms with Gasteiger partial charge in [-0.1, -0.05) is 11.6 Å². The molecule has 2 rings (SSSR count). The maximum atomic E-state index is 12.2. The summed E-state index contributed by atoms with van der Waals surface area (Å²) < 4.78 is 5.49. The second-order valence-corrected chi connectivity index (χ2v) is 5.32. The first-order valence-electron chi connectivity index (χ1n) is 6.67. The number of carbonyl (C=O) groups is 2. The van der Waals surface area contributed by atoms with Crippen LogP contribution >= 0.6 is 11.6 Å². The maximum absolute atomic E-state index is 12.2. The summed E-state index contributed by atoms with van der Waals surface area (Å²) in [5.74, 6) is -1.06. The zero-order chi connectivity index (χ0) is 15.4. The molecule has 1 fully saturated rings. The van der Waals surface area contributed by atoms with Gasteiger partial charge in [-0.25, -0.2) is 9.59 Å². The van der Waals surface area contributed by atoms with Crippen LogP contribution in [0, 0.1) is 0 Å². The lowest BCUT2D eigenvalue weighted by molar-refractivity contribution is 0.0696. The zero-order valence-corrected chi connectivity index (χ0v) is 12.4. The van der Waals surface area contributed by atoms with Crippen LogP contribution in [-0.2, 0) is 4.74 Å². The molecule has 7 heteroatoms. The molecule has 1 aromatic rings. The van der Waals surface area contributed by atoms with Gasteiger partial charge in [0.15, 0.2) is 0 Å². The molecule has 0 radical (unpaired) electrons. The molecule has 1 atom stereocenters. The fourth-order valence-corrected chi connectivity index (χ4v) is 2.35. The summed E-state index contributed by atoms with van der Waals surface area (Å²) in [5.41, 5.74) is 0.472. The maximum Gasteiger partial charge on any atom is 0.335 e. The van der Waals surface area contributed by atoms with E-state index in [1.54, 1.807) is 4.90 Å². The number of carboxylic acid groups (broad SMARTS) is 1. The summed E-state index contributed by atoms with van der Waals surface area (Å²) in [6, 6.07) is 3.94. The number of carboxylic acids is 1. The van der Waals surface area contributed by atoms with Crippen molar-refractivity contribution in [3.63, 3.8) is 0 Å². The van der Waals surface area contributed by atoms with Crippen LogP contribution < -0.4 is 5.32 Å². The Hall–Kier alpha value is -1.79. The van der Waals surface area contributed by atoms with Crippen LogP contribution in [0.5, 0.6) is 0 Å². The normalized spacial score (nSPS) is 19.0. The second-order valence-electron chi connectivity index (χ2n) is 4.91. The number of rotatable bonds is 2. The molecule has 1 unspecified atom stereocenters. The summed E-state index contributed by atoms with van der Waals surface area (Å²) in [5, 5.41) is 11.8. The summed E-state index contributed by atoms with van der Waals surface area (Å²) in [6.07, 6.45) is 0.770. The zero-order valence-electron chi connectivity index (χ0n) is 11.6. The summed E-state index contributed by atoms with van der Waals surface area (Å²) >= 11 is 6.00. The lowest BCUT2D eigenvalue weighted by atomic mass is 10.2. The minimum Gasteiger partial charge on any atom is -0.478 e. The van der Waals surface area contributed by atoms with Crippen molar-refractivity contribution in [2.75, 3.05) is 25.0 Å². The molecule has 2 amide bonds. The van der Waals surface area contributed by atoms with E-state index in [2.05, 4.69) is 5.32 Å². The van der Waals surface area contributed by atoms with E-state index in [1.807, 2.05) is 6.92 Å². The fraction of sp³-hybridized carbons (Fsp3) is 0.429. The molecule has 0 aliphatic carbocycles. The number of aromatic carboxylic acids is 1. The third-order valence-electron chi connectivity index (χ3n) is 3.20. The van der Waals surface area contributed by atoms with Gasteiger partial charge in [0, 0.05) is 19.7 Å². The Balaban J connectivity index is 2.06. The van der Waals surface area contributed by atoms with Gasteiger partial charge in [-0.15, -0.1) is 0 Å². The topological polar surface area (TPSA) is 78.9 Å². The molecule has 6 nitrogen and oxygen atoms in total. The van der Waals surface area contributed by atoms with Crippen LogP contribution in [0.25, 0.3) is 0 Å². The third-order valence-corrected chi connectivity index (χ3v) is 3.51. The number of nitrogens with zero attached hydrogens (tertiary/aromatic N) is 1. The highest BCUT2D eigenvalue weighted by molar-refractivity contribution is 6.34. The van der Waals surface area contributed by atoms with E-state index in [1.165, 1.54) is 18.2 Å². The molecule has 0 spiro atoms. The van der Waals surface area contributed by atoms with Gasteiger partial charge in [-0.2, -0.15) is 0 Å². The first-order valence-corrected chi connectivity index (χ1v) is 7.05. The van der Waals surface area contributed by atoms with Crippen molar-refractivity contribution >= 4 is 29.3 Å². The second kappa shape index (κ2) is 6.78. The molecule has 0 aromatic heterocycles. The van der Waals surface area contributed by atoms with Crippen LogP contribution in [0.1, 0.15) is 23.7 Å². The molecular formula is C14H17ClN2O4. The van der Waals surface area contributed by atoms with E-state index < -0.39 is 5.97 Å². The number of benzene rings is 1. The number of ether oxygens (including phenoxy) is 1. The van der Waals surface area contributed by atoms with Gasteiger partial charge in [0.2, 0.25) is 0 Å². The van der Waals surface area contributed by atoms with Crippen LogP contribution in [0.4, 0.5) is 10.5 Å². The van der Waals surface area contributed by atoms with E-state index in [-0.39, 0.29) is 22.7 Å². The highest BCUT2D eigenvalue weighted by Crippen LogP contribution is 2.23. The monoisotopic (exact) mass is 312 g/mol. The fourth-order valence-electron chi connectivity index (χ4n) is 2.12. The van der Waals surface area contributed by atoms with E-state index in [4.69, 9.17) is 21.4 Å². The predicted octanol–water partition coefficient (Wildman–Crippen LogP) is 2.68. The van der Waals surface area contributed by atoms with Gasteiger partial charge in [0.05, 0.1) is 22.4 Å². The molecule has 1 aromatic carbocycles. The molecule has 1 saturated heterocycles. The van der Waals surface area contributed by atoms with Gasteiger partial charge in [-0.05, 0) is 31.5 Å². The Bertz CT molecular complexity index is 550. The number of anilines is 1. The molecule has 2 N–H and O–H groups in total. The van der Waals surface area contributed by atoms with Gasteiger partial charge < -0.3 is 20.1 Å². The highest BCUT2D eigenvalue weighted by atomic mass is 35.5. The van der Waals surface area contributed by atoms with Crippen LogP contribution in [0.3, 0.4) is 0 Å². The lowest BCUT2D eigenvalue weighted by Gasteiger charge is -2.22. The minimum absolute atomic E-state index is 0.0110. The average Bonchev–Trinajstić information content (AvgIpc) is 2.65. The number of halogens is 1. The van der Waals surface area contributed by atoms with Crippen LogP contribution in [0.2, 0.25) is 5.02 Å². The van der Waals surface area contributed by atoms with E-state index in [0.29, 0.717) is 25.4 Å². The molecule has 114 valence electrons. The van der Waals surface area contributed by atoms with E-state index in [9.17, 15) is 9.59 Å². The number of hydrogen-bond acceptors (Lipinski definition) is 3. The Kier molecular flexibility index (Phi) is 5.03. The Morgan fingerprint density at radius 1 is 1.48 bits per heavy atom. The number of nitrogens with one attached hydrogen (secondary N) is 1. The van der Waals surface area contributed by atoms with Crippen LogP contribution in [-0.4, -0.2) is 47.8 Å². The largest absolute Gasteiger partial charge is 0.478 e. The van der Waals surface area contributed by atoms with E-state index in [0.717, 1.165) is 6.42 Å². The van der Waals surface area contributed by atoms with Crippen LogP contribution in [0.15, 0.2) is 18.2 Å². The molecule has 0 bridgehead atoms. The van der Waals surface area contributed by atoms with Gasteiger partial charge in [0.25, 0.3) is 0 Å². The number of carbonyl (C=O) groups excluding carboxylic acids is 1. The third kappa shape index (κ3) is 4.09. The Morgan fingerprint density at radius 3 is 2.90 bits per heavy atom. The van der Waals surface area contributed by atoms with Crippen molar-refractivity contribution < 1.29 is 19.4 Å². The first kappa shape index (κ1) is 15.6. The Morgan fingerprint density at radius 2 is 2.24 bits per heavy atom. The van der Waals surface area contributed by atoms with Gasteiger partial charge in [0.1, 0.15) is 0 Å². The predicted molar refractivity (Wildman–Crippen MR) is 79.0 cm³/mol. The highest BCUT2D eigenvalue weighted by Gasteiger charge is 2.20. The number of hydrogen-bond donors (Lipinski definition) is 2. The number of urea groups is 1. The summed E-state index contributed by atoms with van der Waals surface area (Å²) in [7, 11) is 0. The molecular weight excluding hydrogens is 296 g/mol. The molecule has 1 heterocycles. The van der Waals surface area contributed by atoms with Crippen molar-refractivity contribution in [2.24, 2.45) is 0 Å². The SMILES string of the molecule is CC1CN(C(=O)Nc2ccc(C(=O)O)cc2Cl)CCCO1. The smallest absolute Gasteiger partial charge is 0.335 e. The van der Waals surface area contributed by atoms with Gasteiger partial charge in [-0.3, -0.25) is 0 Å². The standard InChI is InChI=1S/C14H17ClN2O4/c1-9-8-17(5-2-6-21-9)14(20)16-12-4-3-10(13(18)19)7-11(12)15/h3-4,7,9H,2,5-6,8H2,1H3,(H,16,20)(H,18,19). The minimum atomic E-state index is -1.06. The van der Waals surface area contributed by atoms with Crippen molar-refractivity contribution in [3.8, 4) is 0 Å². The van der Waals surface area contributed by atoms with Crippen molar-refractivity contribution in [3.05, 3.63) is 28.8 Å². The lowest BCUT2D eigenvalue weighted by Crippen LogP contribution is -2.39. The molecule has 21 heavy (non-hydrogen) atoms. The van der Waals surface area contributed by atoms with Gasteiger partial charge >= 0.3 is 12.0 Å². The Labute approximate surface area is 127 Å². The van der Waals surface area contributed by atoms with E-state index >= 15 is 0 Å². The summed E-state index contributed by atoms with van der Waals surface area (Å²) in [6.45, 7) is 3.68. The number of amides is 2.